The van der Waals surface area contributed by atoms with Gasteiger partial charge < -0.3 is 10.3 Å². The predicted molar refractivity (Wildman–Crippen MR) is 105 cm³/mol. The van der Waals surface area contributed by atoms with E-state index in [-0.39, 0.29) is 11.3 Å². The zero-order valence-corrected chi connectivity index (χ0v) is 14.7. The van der Waals surface area contributed by atoms with Crippen molar-refractivity contribution in [1.82, 2.24) is 15.0 Å². The zero-order valence-electron chi connectivity index (χ0n) is 13.9. The summed E-state index contributed by atoms with van der Waals surface area (Å²) in [6, 6.07) is 13.6. The molecule has 0 fully saturated rings. The maximum atomic E-state index is 12.7. The van der Waals surface area contributed by atoms with Gasteiger partial charge in [0.05, 0.1) is 17.3 Å². The Hall–Kier alpha value is -3.51. The Kier molecular flexibility index (Phi) is 4.40. The summed E-state index contributed by atoms with van der Waals surface area (Å²) in [5, 5.41) is 3.66. The number of carbonyl (C=O) groups is 1. The minimum atomic E-state index is -0.389. The van der Waals surface area contributed by atoms with E-state index < -0.39 is 0 Å². The zero-order chi connectivity index (χ0) is 18.8. The van der Waals surface area contributed by atoms with Crippen LogP contribution in [0.5, 0.6) is 0 Å². The lowest BCUT2D eigenvalue weighted by molar-refractivity contribution is 0.102. The molecule has 0 unspecified atom stereocenters. The number of para-hydroxylation sites is 1. The van der Waals surface area contributed by atoms with Crippen LogP contribution in [0.4, 0.5) is 5.82 Å². The monoisotopic (exact) mass is 376 g/mol. The fourth-order valence-corrected chi connectivity index (χ4v) is 3.01. The van der Waals surface area contributed by atoms with Gasteiger partial charge in [0, 0.05) is 34.6 Å². The lowest BCUT2D eigenvalue weighted by atomic mass is 10.1. The molecule has 0 saturated carbocycles. The summed E-state index contributed by atoms with van der Waals surface area (Å²) in [6.45, 7) is 0. The van der Waals surface area contributed by atoms with E-state index in [0.717, 1.165) is 5.56 Å². The smallest absolute Gasteiger partial charge is 0.258 e. The fraction of sp³-hybridized carbons (Fsp3) is 0. The number of hydrogen-bond acceptors (Lipinski definition) is 4. The summed E-state index contributed by atoms with van der Waals surface area (Å²) < 4.78 is 0. The van der Waals surface area contributed by atoms with Crippen LogP contribution in [0.2, 0.25) is 5.02 Å². The summed E-state index contributed by atoms with van der Waals surface area (Å²) in [7, 11) is 0. The van der Waals surface area contributed by atoms with Crippen molar-refractivity contribution in [3.05, 3.63) is 87.9 Å². The Balaban J connectivity index is 1.84. The van der Waals surface area contributed by atoms with Crippen molar-refractivity contribution >= 4 is 34.2 Å². The average Bonchev–Trinajstić information content (AvgIpc) is 2.68. The van der Waals surface area contributed by atoms with Crippen LogP contribution in [0, 0.1) is 0 Å². The first-order valence-corrected chi connectivity index (χ1v) is 8.49. The second-order valence-corrected chi connectivity index (χ2v) is 6.27. The number of aromatic nitrogens is 3. The third kappa shape index (κ3) is 3.43. The molecule has 1 amide bonds. The summed E-state index contributed by atoms with van der Waals surface area (Å²) in [5.74, 6) is -0.0622. The van der Waals surface area contributed by atoms with Gasteiger partial charge in [-0.1, -0.05) is 29.8 Å². The Bertz CT molecular complexity index is 1210. The normalized spacial score (nSPS) is 10.7. The minimum absolute atomic E-state index is 0.187. The standard InChI is InChI=1S/C20H13ClN4O2/c21-13-4-1-3-12(9-13)16-10-17(26)14-5-2-6-15(19(14)24-16)20(27)25-18-11-22-7-8-23-18/h1-11H,(H,24,26)(H,23,25,27). The molecule has 132 valence electrons. The van der Waals surface area contributed by atoms with Gasteiger partial charge in [0.25, 0.3) is 5.91 Å². The van der Waals surface area contributed by atoms with Crippen LogP contribution in [0.25, 0.3) is 22.2 Å². The van der Waals surface area contributed by atoms with E-state index in [1.165, 1.54) is 24.7 Å². The number of aromatic amines is 1. The number of nitrogens with one attached hydrogen (secondary N) is 2. The second-order valence-electron chi connectivity index (χ2n) is 5.83. The number of carbonyl (C=O) groups excluding carboxylic acids is 1. The highest BCUT2D eigenvalue weighted by Gasteiger charge is 2.14. The summed E-state index contributed by atoms with van der Waals surface area (Å²) >= 11 is 6.06. The first kappa shape index (κ1) is 16.9. The summed E-state index contributed by atoms with van der Waals surface area (Å²) in [6.07, 6.45) is 4.45. The van der Waals surface area contributed by atoms with Gasteiger partial charge in [-0.05, 0) is 29.8 Å². The van der Waals surface area contributed by atoms with Crippen molar-refractivity contribution in [3.8, 4) is 11.3 Å². The van der Waals surface area contributed by atoms with Crippen LogP contribution in [0.1, 0.15) is 10.4 Å². The van der Waals surface area contributed by atoms with Crippen molar-refractivity contribution in [2.24, 2.45) is 0 Å². The molecular formula is C20H13ClN4O2. The molecule has 2 N–H and O–H groups in total. The van der Waals surface area contributed by atoms with Crippen LogP contribution in [0.3, 0.4) is 0 Å². The molecule has 0 bridgehead atoms. The Morgan fingerprint density at radius 2 is 1.93 bits per heavy atom. The molecule has 2 aromatic heterocycles. The van der Waals surface area contributed by atoms with Crippen molar-refractivity contribution in [3.63, 3.8) is 0 Å². The topological polar surface area (TPSA) is 87.7 Å². The number of benzene rings is 2. The number of anilines is 1. The van der Waals surface area contributed by atoms with E-state index in [1.54, 1.807) is 36.4 Å². The predicted octanol–water partition coefficient (Wildman–Crippen LogP) is 3.89. The van der Waals surface area contributed by atoms with E-state index in [0.29, 0.717) is 33.0 Å². The van der Waals surface area contributed by atoms with Crippen molar-refractivity contribution in [2.75, 3.05) is 5.32 Å². The van der Waals surface area contributed by atoms with Crippen molar-refractivity contribution in [1.29, 1.82) is 0 Å². The number of hydrogen-bond donors (Lipinski definition) is 2. The van der Waals surface area contributed by atoms with Gasteiger partial charge in [0.2, 0.25) is 0 Å². The molecule has 0 saturated heterocycles. The van der Waals surface area contributed by atoms with Crippen molar-refractivity contribution < 1.29 is 4.79 Å². The average molecular weight is 377 g/mol. The third-order valence-corrected chi connectivity index (χ3v) is 4.29. The van der Waals surface area contributed by atoms with Crippen LogP contribution in [-0.4, -0.2) is 20.9 Å². The Labute approximate surface area is 158 Å². The van der Waals surface area contributed by atoms with E-state index in [2.05, 4.69) is 20.3 Å². The molecule has 0 aliphatic heterocycles. The maximum Gasteiger partial charge on any atom is 0.258 e. The lowest BCUT2D eigenvalue weighted by Crippen LogP contribution is -2.15. The van der Waals surface area contributed by atoms with Gasteiger partial charge >= 0.3 is 0 Å². The second kappa shape index (κ2) is 7.01. The molecule has 0 spiro atoms. The molecule has 4 rings (SSSR count). The van der Waals surface area contributed by atoms with Crippen LogP contribution in [-0.2, 0) is 0 Å². The molecule has 0 aliphatic rings. The summed E-state index contributed by atoms with van der Waals surface area (Å²) in [4.78, 5) is 36.5. The molecular weight excluding hydrogens is 364 g/mol. The van der Waals surface area contributed by atoms with Gasteiger partial charge in [0.15, 0.2) is 11.2 Å². The van der Waals surface area contributed by atoms with E-state index in [9.17, 15) is 9.59 Å². The number of halogens is 1. The number of rotatable bonds is 3. The Morgan fingerprint density at radius 3 is 2.70 bits per heavy atom. The third-order valence-electron chi connectivity index (χ3n) is 4.05. The maximum absolute atomic E-state index is 12.7. The number of pyridine rings is 1. The van der Waals surface area contributed by atoms with E-state index >= 15 is 0 Å². The quantitative estimate of drug-likeness (QED) is 0.567. The largest absolute Gasteiger partial charge is 0.354 e. The fourth-order valence-electron chi connectivity index (χ4n) is 2.82. The number of nitrogens with zero attached hydrogens (tertiary/aromatic N) is 2. The molecule has 27 heavy (non-hydrogen) atoms. The number of H-pyrrole nitrogens is 1. The molecule has 4 aromatic rings. The number of fused-ring (bicyclic) bond motifs is 1. The minimum Gasteiger partial charge on any atom is -0.354 e. The number of amides is 1. The molecule has 0 radical (unpaired) electrons. The van der Waals surface area contributed by atoms with Gasteiger partial charge in [-0.3, -0.25) is 14.6 Å². The van der Waals surface area contributed by atoms with Crippen LogP contribution >= 0.6 is 11.6 Å². The molecule has 2 heterocycles. The molecule has 2 aromatic carbocycles. The highest BCUT2D eigenvalue weighted by molar-refractivity contribution is 6.30. The van der Waals surface area contributed by atoms with Gasteiger partial charge in [-0.25, -0.2) is 4.98 Å². The SMILES string of the molecule is O=C(Nc1cnccn1)c1cccc2c(=O)cc(-c3cccc(Cl)c3)[nH]c12. The van der Waals surface area contributed by atoms with Crippen LogP contribution in [0.15, 0.2) is 71.9 Å². The van der Waals surface area contributed by atoms with Crippen molar-refractivity contribution in [2.45, 2.75) is 0 Å². The highest BCUT2D eigenvalue weighted by atomic mass is 35.5. The van der Waals surface area contributed by atoms with Gasteiger partial charge in [-0.15, -0.1) is 0 Å². The lowest BCUT2D eigenvalue weighted by Gasteiger charge is -2.10. The molecule has 0 aliphatic carbocycles. The first-order valence-electron chi connectivity index (χ1n) is 8.11. The molecule has 7 heteroatoms. The molecule has 0 atom stereocenters. The highest BCUT2D eigenvalue weighted by Crippen LogP contribution is 2.23. The summed E-state index contributed by atoms with van der Waals surface area (Å²) in [5.41, 5.74) is 1.92. The van der Waals surface area contributed by atoms with Gasteiger partial charge in [0.1, 0.15) is 0 Å². The van der Waals surface area contributed by atoms with E-state index in [4.69, 9.17) is 11.6 Å². The molecule has 6 nitrogen and oxygen atoms in total. The Morgan fingerprint density at radius 1 is 1.07 bits per heavy atom. The first-order chi connectivity index (χ1) is 13.1. The van der Waals surface area contributed by atoms with Crippen LogP contribution < -0.4 is 10.7 Å². The van der Waals surface area contributed by atoms with E-state index in [1.807, 2.05) is 6.07 Å². The van der Waals surface area contributed by atoms with Gasteiger partial charge in [-0.2, -0.15) is 0 Å².